The molecule has 1 aliphatic rings. The van der Waals surface area contributed by atoms with Gasteiger partial charge in [0.05, 0.1) is 23.8 Å². The van der Waals surface area contributed by atoms with Crippen molar-refractivity contribution in [2.24, 2.45) is 5.73 Å². The molecule has 3 aromatic rings. The van der Waals surface area contributed by atoms with Crippen molar-refractivity contribution in [2.75, 3.05) is 6.61 Å². The lowest BCUT2D eigenvalue weighted by Crippen LogP contribution is -2.20. The predicted molar refractivity (Wildman–Crippen MR) is 97.9 cm³/mol. The summed E-state index contributed by atoms with van der Waals surface area (Å²) in [6.07, 6.45) is 0. The zero-order valence-electron chi connectivity index (χ0n) is 14.9. The van der Waals surface area contributed by atoms with E-state index < -0.39 is 5.92 Å². The zero-order valence-corrected chi connectivity index (χ0v) is 14.9. The van der Waals surface area contributed by atoms with Gasteiger partial charge in [-0.25, -0.2) is 0 Å². The summed E-state index contributed by atoms with van der Waals surface area (Å²) in [5, 5.41) is 16.9. The highest BCUT2D eigenvalue weighted by Crippen LogP contribution is 2.46. The lowest BCUT2D eigenvalue weighted by molar-refractivity contribution is 0.340. The largest absolute Gasteiger partial charge is 0.494 e. The Morgan fingerprint density at radius 3 is 2.67 bits per heavy atom. The molecule has 1 unspecified atom stereocenters. The molecule has 0 radical (unpaired) electrons. The van der Waals surface area contributed by atoms with Crippen LogP contribution < -0.4 is 15.2 Å². The molecular weight excluding hydrogens is 344 g/mol. The molecule has 136 valence electrons. The number of ether oxygens (including phenoxy) is 2. The van der Waals surface area contributed by atoms with Gasteiger partial charge < -0.3 is 19.6 Å². The number of nitrogens with two attached hydrogens (primary N) is 1. The Morgan fingerprint density at radius 2 is 2.04 bits per heavy atom. The van der Waals surface area contributed by atoms with E-state index in [9.17, 15) is 5.26 Å². The van der Waals surface area contributed by atoms with Crippen LogP contribution in [0.5, 0.6) is 11.6 Å². The maximum Gasteiger partial charge on any atom is 0.244 e. The second-order valence-corrected chi connectivity index (χ2v) is 6.15. The van der Waals surface area contributed by atoms with E-state index in [2.05, 4.69) is 16.3 Å². The number of H-pyrrole nitrogens is 1. The van der Waals surface area contributed by atoms with Crippen LogP contribution in [-0.4, -0.2) is 16.8 Å². The molecule has 7 nitrogen and oxygen atoms in total. The molecule has 0 spiro atoms. The molecule has 7 heteroatoms. The summed E-state index contributed by atoms with van der Waals surface area (Å²) in [5.41, 5.74) is 8.61. The number of nitriles is 1. The van der Waals surface area contributed by atoms with Crippen LogP contribution in [0.15, 0.2) is 52.3 Å². The summed E-state index contributed by atoms with van der Waals surface area (Å²) < 4.78 is 16.9. The Labute approximate surface area is 156 Å². The third kappa shape index (κ3) is 2.81. The first kappa shape index (κ1) is 16.8. The molecule has 4 rings (SSSR count). The van der Waals surface area contributed by atoms with Gasteiger partial charge in [-0.1, -0.05) is 0 Å². The van der Waals surface area contributed by atoms with Gasteiger partial charge in [-0.2, -0.15) is 5.26 Å². The van der Waals surface area contributed by atoms with Crippen LogP contribution in [0.4, 0.5) is 0 Å². The molecule has 0 amide bonds. The fourth-order valence-electron chi connectivity index (χ4n) is 3.24. The third-order valence-electron chi connectivity index (χ3n) is 4.44. The van der Waals surface area contributed by atoms with Gasteiger partial charge >= 0.3 is 0 Å². The molecule has 1 aromatic carbocycles. The predicted octanol–water partition coefficient (Wildman–Crippen LogP) is 3.60. The summed E-state index contributed by atoms with van der Waals surface area (Å²) in [5.74, 6) is 2.03. The molecular formula is C20H18N4O3. The van der Waals surface area contributed by atoms with Crippen LogP contribution in [-0.2, 0) is 0 Å². The number of nitrogens with zero attached hydrogens (tertiary/aromatic N) is 2. The van der Waals surface area contributed by atoms with E-state index in [1.165, 1.54) is 0 Å². The quantitative estimate of drug-likeness (QED) is 0.734. The Hall–Kier alpha value is -3.66. The van der Waals surface area contributed by atoms with Crippen molar-refractivity contribution in [2.45, 2.75) is 19.8 Å². The van der Waals surface area contributed by atoms with Crippen LogP contribution in [0.3, 0.4) is 0 Å². The van der Waals surface area contributed by atoms with Crippen molar-refractivity contribution in [3.8, 4) is 29.0 Å². The van der Waals surface area contributed by atoms with Gasteiger partial charge in [-0.3, -0.25) is 5.10 Å². The molecule has 3 N–H and O–H groups in total. The molecule has 0 saturated heterocycles. The number of hydrogen-bond donors (Lipinski definition) is 2. The smallest absolute Gasteiger partial charge is 0.244 e. The maximum absolute atomic E-state index is 9.66. The number of furan rings is 1. The Kier molecular flexibility index (Phi) is 4.09. The number of fused-ring (bicyclic) bond motifs is 1. The molecule has 1 aliphatic heterocycles. The molecule has 3 heterocycles. The summed E-state index contributed by atoms with van der Waals surface area (Å²) in [7, 11) is 0. The van der Waals surface area contributed by atoms with Gasteiger partial charge in [0, 0.05) is 5.56 Å². The highest BCUT2D eigenvalue weighted by atomic mass is 16.5. The van der Waals surface area contributed by atoms with Gasteiger partial charge in [-0.15, -0.1) is 5.10 Å². The second-order valence-electron chi connectivity index (χ2n) is 6.15. The lowest BCUT2D eigenvalue weighted by atomic mass is 9.86. The van der Waals surface area contributed by atoms with E-state index in [1.54, 1.807) is 0 Å². The first-order valence-electron chi connectivity index (χ1n) is 8.57. The van der Waals surface area contributed by atoms with Crippen molar-refractivity contribution in [3.05, 3.63) is 64.9 Å². The monoisotopic (exact) mass is 362 g/mol. The number of allylic oxidation sites excluding steroid dienone is 1. The molecule has 0 aliphatic carbocycles. The first-order chi connectivity index (χ1) is 13.1. The summed E-state index contributed by atoms with van der Waals surface area (Å²) in [6, 6.07) is 13.5. The van der Waals surface area contributed by atoms with Crippen molar-refractivity contribution in [1.82, 2.24) is 10.2 Å². The standard InChI is InChI=1S/C20H18N4O3/c1-3-25-13-7-5-12(6-8-13)18-17-16(15-9-4-11(2)26-15)14(10-21)19(22)27-20(17)24-23-18/h4-9,16H,3,22H2,1-2H3,(H,23,24). The highest BCUT2D eigenvalue weighted by molar-refractivity contribution is 5.70. The summed E-state index contributed by atoms with van der Waals surface area (Å²) in [4.78, 5) is 0. The number of nitrogens with one attached hydrogen (secondary N) is 1. The van der Waals surface area contributed by atoms with Crippen LogP contribution in [0.25, 0.3) is 11.3 Å². The number of aromatic amines is 1. The van der Waals surface area contributed by atoms with E-state index >= 15 is 0 Å². The van der Waals surface area contributed by atoms with Crippen molar-refractivity contribution in [1.29, 1.82) is 5.26 Å². The van der Waals surface area contributed by atoms with Crippen molar-refractivity contribution in [3.63, 3.8) is 0 Å². The number of hydrogen-bond acceptors (Lipinski definition) is 6. The summed E-state index contributed by atoms with van der Waals surface area (Å²) >= 11 is 0. The van der Waals surface area contributed by atoms with E-state index in [1.807, 2.05) is 50.2 Å². The molecule has 0 bridgehead atoms. The second kappa shape index (κ2) is 6.57. The Morgan fingerprint density at radius 1 is 1.26 bits per heavy atom. The topological polar surface area (TPSA) is 110 Å². The maximum atomic E-state index is 9.66. The lowest BCUT2D eigenvalue weighted by Gasteiger charge is -2.22. The fourth-order valence-corrected chi connectivity index (χ4v) is 3.24. The van der Waals surface area contributed by atoms with E-state index in [0.717, 1.165) is 28.3 Å². The minimum atomic E-state index is -0.493. The fraction of sp³-hybridized carbons (Fsp3) is 0.200. The van der Waals surface area contributed by atoms with Crippen LogP contribution >= 0.6 is 0 Å². The Balaban J connectivity index is 1.85. The number of aryl methyl sites for hydroxylation is 1. The SMILES string of the molecule is CCOc1ccc(-c2[nH]nc3c2C(c2ccc(C)o2)C(C#N)=C(N)O3)cc1. The van der Waals surface area contributed by atoms with Gasteiger partial charge in [0.25, 0.3) is 0 Å². The number of rotatable bonds is 4. The Bertz CT molecular complexity index is 1050. The van der Waals surface area contributed by atoms with Crippen LogP contribution in [0, 0.1) is 18.3 Å². The van der Waals surface area contributed by atoms with E-state index in [4.69, 9.17) is 19.6 Å². The van der Waals surface area contributed by atoms with Crippen molar-refractivity contribution < 1.29 is 13.9 Å². The van der Waals surface area contributed by atoms with Gasteiger partial charge in [0.15, 0.2) is 0 Å². The highest BCUT2D eigenvalue weighted by Gasteiger charge is 2.37. The van der Waals surface area contributed by atoms with Gasteiger partial charge in [0.1, 0.15) is 28.9 Å². The molecule has 0 saturated carbocycles. The van der Waals surface area contributed by atoms with Gasteiger partial charge in [0.2, 0.25) is 11.8 Å². The average Bonchev–Trinajstić information content (AvgIpc) is 3.27. The van der Waals surface area contributed by atoms with E-state index in [-0.39, 0.29) is 5.88 Å². The van der Waals surface area contributed by atoms with Crippen molar-refractivity contribution >= 4 is 0 Å². The minimum Gasteiger partial charge on any atom is -0.494 e. The zero-order chi connectivity index (χ0) is 19.0. The third-order valence-corrected chi connectivity index (χ3v) is 4.44. The number of aromatic nitrogens is 2. The molecule has 0 fully saturated rings. The molecule has 1 atom stereocenters. The minimum absolute atomic E-state index is 0.0359. The summed E-state index contributed by atoms with van der Waals surface area (Å²) in [6.45, 7) is 4.39. The van der Waals surface area contributed by atoms with Gasteiger partial charge in [-0.05, 0) is 50.2 Å². The van der Waals surface area contributed by atoms with Crippen LogP contribution in [0.1, 0.15) is 29.9 Å². The number of benzene rings is 1. The van der Waals surface area contributed by atoms with Crippen LogP contribution in [0.2, 0.25) is 0 Å². The van der Waals surface area contributed by atoms with E-state index in [0.29, 0.717) is 23.8 Å². The normalized spacial score (nSPS) is 15.8. The molecule has 2 aromatic heterocycles. The first-order valence-corrected chi connectivity index (χ1v) is 8.57. The molecule has 27 heavy (non-hydrogen) atoms. The average molecular weight is 362 g/mol.